The average molecular weight is 295 g/mol. The molecule has 0 amide bonds. The summed E-state index contributed by atoms with van der Waals surface area (Å²) in [4.78, 5) is 11.7. The van der Waals surface area contributed by atoms with E-state index in [9.17, 15) is 4.39 Å². The minimum Gasteiger partial charge on any atom is -0.342 e. The highest BCUT2D eigenvalue weighted by Gasteiger charge is 2.18. The molecule has 0 atom stereocenters. The zero-order valence-electron chi connectivity index (χ0n) is 10.8. The number of alkyl halides is 1. The lowest BCUT2D eigenvalue weighted by Gasteiger charge is -1.98. The van der Waals surface area contributed by atoms with Gasteiger partial charge in [0.15, 0.2) is 0 Å². The van der Waals surface area contributed by atoms with E-state index >= 15 is 0 Å². The van der Waals surface area contributed by atoms with E-state index in [-0.39, 0.29) is 11.4 Å². The lowest BCUT2D eigenvalue weighted by Crippen LogP contribution is -1.90. The number of halogens is 2. The molecule has 0 saturated heterocycles. The molecule has 104 valence electrons. The van der Waals surface area contributed by atoms with Crippen LogP contribution in [0, 0.1) is 5.82 Å². The second kappa shape index (κ2) is 5.20. The average Bonchev–Trinajstić information content (AvgIpc) is 3.05. The molecule has 5 nitrogen and oxygen atoms in total. The van der Waals surface area contributed by atoms with E-state index < -0.39 is 5.82 Å². The van der Waals surface area contributed by atoms with Crippen LogP contribution < -0.4 is 0 Å². The van der Waals surface area contributed by atoms with Crippen molar-refractivity contribution < 1.29 is 8.91 Å². The summed E-state index contributed by atoms with van der Waals surface area (Å²) in [5.41, 5.74) is 1.52. The molecule has 0 spiro atoms. The molecule has 0 fully saturated rings. The van der Waals surface area contributed by atoms with Crippen molar-refractivity contribution in [3.63, 3.8) is 0 Å². The highest BCUT2D eigenvalue weighted by atomic mass is 35.5. The SMILES string of the molecule is CCc1nc2c(-c3noc(CCCl)n3)c(F)ccc2[nH]1. The lowest BCUT2D eigenvalue weighted by atomic mass is 10.1. The molecule has 7 heteroatoms. The van der Waals surface area contributed by atoms with E-state index in [2.05, 4.69) is 20.1 Å². The molecule has 0 aliphatic carbocycles. The lowest BCUT2D eigenvalue weighted by molar-refractivity contribution is 0.383. The Morgan fingerprint density at radius 2 is 2.20 bits per heavy atom. The van der Waals surface area contributed by atoms with E-state index in [1.54, 1.807) is 6.07 Å². The molecular weight excluding hydrogens is 283 g/mol. The molecule has 0 saturated carbocycles. The highest BCUT2D eigenvalue weighted by molar-refractivity contribution is 6.17. The predicted octanol–water partition coefficient (Wildman–Crippen LogP) is 3.10. The predicted molar refractivity (Wildman–Crippen MR) is 73.1 cm³/mol. The van der Waals surface area contributed by atoms with Gasteiger partial charge in [0.05, 0.1) is 11.1 Å². The van der Waals surface area contributed by atoms with Crippen molar-refractivity contribution in [3.8, 4) is 11.4 Å². The van der Waals surface area contributed by atoms with E-state index in [0.717, 1.165) is 17.8 Å². The van der Waals surface area contributed by atoms with Crippen molar-refractivity contribution in [2.75, 3.05) is 5.88 Å². The zero-order valence-corrected chi connectivity index (χ0v) is 11.5. The number of hydrogen-bond donors (Lipinski definition) is 1. The minimum atomic E-state index is -0.426. The van der Waals surface area contributed by atoms with Gasteiger partial charge < -0.3 is 9.51 Å². The van der Waals surface area contributed by atoms with Gasteiger partial charge in [0.25, 0.3) is 0 Å². The van der Waals surface area contributed by atoms with Crippen molar-refractivity contribution in [2.24, 2.45) is 0 Å². The van der Waals surface area contributed by atoms with Gasteiger partial charge in [-0.2, -0.15) is 4.98 Å². The number of aromatic nitrogens is 4. The Labute approximate surface area is 119 Å². The number of benzene rings is 1. The van der Waals surface area contributed by atoms with Gasteiger partial charge in [-0.15, -0.1) is 11.6 Å². The first-order valence-electron chi connectivity index (χ1n) is 6.29. The van der Waals surface area contributed by atoms with E-state index in [0.29, 0.717) is 23.7 Å². The number of imidazole rings is 1. The van der Waals surface area contributed by atoms with Gasteiger partial charge in [0, 0.05) is 18.7 Å². The van der Waals surface area contributed by atoms with Crippen LogP contribution in [0.2, 0.25) is 0 Å². The molecular formula is C13H12ClFN4O. The van der Waals surface area contributed by atoms with Gasteiger partial charge in [-0.3, -0.25) is 0 Å². The first-order valence-corrected chi connectivity index (χ1v) is 6.82. The maximum atomic E-state index is 14.1. The zero-order chi connectivity index (χ0) is 14.1. The Hall–Kier alpha value is -1.95. The van der Waals surface area contributed by atoms with Gasteiger partial charge in [-0.05, 0) is 12.1 Å². The first-order chi connectivity index (χ1) is 9.72. The molecule has 3 aromatic rings. The molecule has 2 aromatic heterocycles. The summed E-state index contributed by atoms with van der Waals surface area (Å²) in [5.74, 6) is 1.32. The van der Waals surface area contributed by atoms with Gasteiger partial charge in [0.1, 0.15) is 17.2 Å². The maximum absolute atomic E-state index is 14.1. The van der Waals surface area contributed by atoms with Crippen molar-refractivity contribution in [2.45, 2.75) is 19.8 Å². The summed E-state index contributed by atoms with van der Waals surface area (Å²) < 4.78 is 19.2. The molecule has 0 aliphatic heterocycles. The van der Waals surface area contributed by atoms with Crippen LogP contribution in [0.1, 0.15) is 18.6 Å². The third kappa shape index (κ3) is 2.16. The van der Waals surface area contributed by atoms with Crippen molar-refractivity contribution in [3.05, 3.63) is 29.7 Å². The van der Waals surface area contributed by atoms with Gasteiger partial charge in [0.2, 0.25) is 11.7 Å². The summed E-state index contributed by atoms with van der Waals surface area (Å²) in [6.07, 6.45) is 1.19. The van der Waals surface area contributed by atoms with E-state index in [4.69, 9.17) is 16.1 Å². The number of H-pyrrole nitrogens is 1. The molecule has 0 bridgehead atoms. The van der Waals surface area contributed by atoms with Crippen LogP contribution in [-0.4, -0.2) is 26.0 Å². The van der Waals surface area contributed by atoms with Crippen LogP contribution in [0.25, 0.3) is 22.4 Å². The smallest absolute Gasteiger partial charge is 0.228 e. The normalized spacial score (nSPS) is 11.3. The Bertz CT molecular complexity index is 752. The monoisotopic (exact) mass is 294 g/mol. The van der Waals surface area contributed by atoms with E-state index in [1.807, 2.05) is 6.92 Å². The van der Waals surface area contributed by atoms with Crippen LogP contribution in [0.15, 0.2) is 16.7 Å². The number of nitrogens with one attached hydrogen (secondary N) is 1. The number of nitrogens with zero attached hydrogens (tertiary/aromatic N) is 3. The standard InChI is InChI=1S/C13H12ClFN4O/c1-2-9-16-8-4-3-7(15)11(12(8)17-9)13-18-10(5-6-14)20-19-13/h3-4H,2,5-6H2,1H3,(H,16,17). The van der Waals surface area contributed by atoms with Crippen molar-refractivity contribution >= 4 is 22.6 Å². The fourth-order valence-corrected chi connectivity index (χ4v) is 2.18. The molecule has 0 unspecified atom stereocenters. The van der Waals surface area contributed by atoms with Gasteiger partial charge in [-0.25, -0.2) is 9.37 Å². The first kappa shape index (κ1) is 13.1. The second-order valence-electron chi connectivity index (χ2n) is 4.31. The largest absolute Gasteiger partial charge is 0.342 e. The fourth-order valence-electron chi connectivity index (χ4n) is 2.02. The second-order valence-corrected chi connectivity index (χ2v) is 4.68. The molecule has 20 heavy (non-hydrogen) atoms. The Balaban J connectivity index is 2.17. The summed E-state index contributed by atoms with van der Waals surface area (Å²) in [5, 5.41) is 3.81. The van der Waals surface area contributed by atoms with Crippen molar-refractivity contribution in [1.29, 1.82) is 0 Å². The minimum absolute atomic E-state index is 0.197. The number of aryl methyl sites for hydroxylation is 2. The Morgan fingerprint density at radius 1 is 1.35 bits per heavy atom. The number of aromatic amines is 1. The fraction of sp³-hybridized carbons (Fsp3) is 0.308. The topological polar surface area (TPSA) is 67.6 Å². The molecule has 1 N–H and O–H groups in total. The number of hydrogen-bond acceptors (Lipinski definition) is 4. The molecule has 0 radical (unpaired) electrons. The Morgan fingerprint density at radius 3 is 2.95 bits per heavy atom. The number of fused-ring (bicyclic) bond motifs is 1. The van der Waals surface area contributed by atoms with E-state index in [1.165, 1.54) is 6.07 Å². The summed E-state index contributed by atoms with van der Waals surface area (Å²) in [6.45, 7) is 1.97. The molecule has 3 rings (SSSR count). The quantitative estimate of drug-likeness (QED) is 0.751. The summed E-state index contributed by atoms with van der Waals surface area (Å²) >= 11 is 5.62. The molecule has 0 aliphatic rings. The van der Waals surface area contributed by atoms with Gasteiger partial charge >= 0.3 is 0 Å². The third-order valence-corrected chi connectivity index (χ3v) is 3.18. The number of rotatable bonds is 4. The third-order valence-electron chi connectivity index (χ3n) is 2.99. The van der Waals surface area contributed by atoms with Gasteiger partial charge in [-0.1, -0.05) is 12.1 Å². The summed E-state index contributed by atoms with van der Waals surface area (Å²) in [6, 6.07) is 3.02. The summed E-state index contributed by atoms with van der Waals surface area (Å²) in [7, 11) is 0. The van der Waals surface area contributed by atoms with Crippen LogP contribution in [0.4, 0.5) is 4.39 Å². The Kier molecular flexibility index (Phi) is 3.40. The van der Waals surface area contributed by atoms with Crippen molar-refractivity contribution in [1.82, 2.24) is 20.1 Å². The molecule has 2 heterocycles. The van der Waals surface area contributed by atoms with Crippen LogP contribution in [0.3, 0.4) is 0 Å². The maximum Gasteiger partial charge on any atom is 0.228 e. The highest BCUT2D eigenvalue weighted by Crippen LogP contribution is 2.28. The van der Waals surface area contributed by atoms with Crippen LogP contribution in [0.5, 0.6) is 0 Å². The van der Waals surface area contributed by atoms with Crippen LogP contribution in [-0.2, 0) is 12.8 Å². The molecule has 1 aromatic carbocycles. The van der Waals surface area contributed by atoms with Crippen LogP contribution >= 0.6 is 11.6 Å².